The minimum absolute atomic E-state index is 0.0530. The predicted molar refractivity (Wildman–Crippen MR) is 48.7 cm³/mol. The second-order valence-electron chi connectivity index (χ2n) is 4.06. The second-order valence-corrected chi connectivity index (χ2v) is 4.06. The molecule has 78 valence electrons. The Labute approximate surface area is 81.9 Å². The van der Waals surface area contributed by atoms with E-state index in [-0.39, 0.29) is 11.8 Å². The molecular weight excluding hydrogens is 184 g/mol. The van der Waals surface area contributed by atoms with Crippen LogP contribution in [0.1, 0.15) is 12.8 Å². The van der Waals surface area contributed by atoms with Crippen LogP contribution >= 0.6 is 0 Å². The van der Waals surface area contributed by atoms with Crippen molar-refractivity contribution in [1.82, 2.24) is 10.6 Å². The Kier molecular flexibility index (Phi) is 2.41. The monoisotopic (exact) mass is 198 g/mol. The largest absolute Gasteiger partial charge is 0.480 e. The van der Waals surface area contributed by atoms with Crippen molar-refractivity contribution in [3.63, 3.8) is 0 Å². The van der Waals surface area contributed by atoms with Crippen LogP contribution in [-0.2, 0) is 9.59 Å². The van der Waals surface area contributed by atoms with Crippen molar-refractivity contribution in [3.05, 3.63) is 0 Å². The lowest BCUT2D eigenvalue weighted by Crippen LogP contribution is -2.54. The van der Waals surface area contributed by atoms with Crippen molar-refractivity contribution in [2.75, 3.05) is 13.1 Å². The van der Waals surface area contributed by atoms with Gasteiger partial charge in [-0.2, -0.15) is 0 Å². The highest BCUT2D eigenvalue weighted by Gasteiger charge is 2.36. The van der Waals surface area contributed by atoms with Crippen molar-refractivity contribution < 1.29 is 14.7 Å². The summed E-state index contributed by atoms with van der Waals surface area (Å²) in [6.07, 6.45) is 1.06. The van der Waals surface area contributed by atoms with Gasteiger partial charge in [-0.1, -0.05) is 0 Å². The van der Waals surface area contributed by atoms with Gasteiger partial charge in [0.25, 0.3) is 0 Å². The number of aliphatic carboxylic acids is 1. The van der Waals surface area contributed by atoms with Gasteiger partial charge >= 0.3 is 5.97 Å². The number of hydrogen-bond donors (Lipinski definition) is 3. The highest BCUT2D eigenvalue weighted by Crippen LogP contribution is 2.27. The molecule has 0 saturated carbocycles. The van der Waals surface area contributed by atoms with Gasteiger partial charge in [-0.25, -0.2) is 0 Å². The molecule has 1 amide bonds. The number of carbonyl (C=O) groups excluding carboxylic acids is 1. The third kappa shape index (κ3) is 1.72. The maximum Gasteiger partial charge on any atom is 0.320 e. The van der Waals surface area contributed by atoms with Gasteiger partial charge < -0.3 is 15.7 Å². The summed E-state index contributed by atoms with van der Waals surface area (Å²) in [4.78, 5) is 21.9. The molecule has 0 aromatic rings. The van der Waals surface area contributed by atoms with Crippen LogP contribution in [0, 0.1) is 11.8 Å². The molecule has 0 spiro atoms. The van der Waals surface area contributed by atoms with E-state index in [0.717, 1.165) is 0 Å². The lowest BCUT2D eigenvalue weighted by Gasteiger charge is -2.38. The van der Waals surface area contributed by atoms with Crippen LogP contribution in [0.2, 0.25) is 0 Å². The van der Waals surface area contributed by atoms with Crippen LogP contribution in [0.25, 0.3) is 0 Å². The van der Waals surface area contributed by atoms with E-state index in [4.69, 9.17) is 5.11 Å². The molecule has 2 rings (SSSR count). The number of piperidine rings is 2. The number of carbonyl (C=O) groups is 2. The first-order valence-electron chi connectivity index (χ1n) is 4.89. The molecular formula is C9H14N2O3. The zero-order chi connectivity index (χ0) is 10.1. The fraction of sp³-hybridized carbons (Fsp3) is 0.778. The third-order valence-electron chi connectivity index (χ3n) is 3.14. The number of fused-ring (bicyclic) bond motifs is 1. The quantitative estimate of drug-likeness (QED) is 0.514. The fourth-order valence-corrected chi connectivity index (χ4v) is 2.27. The summed E-state index contributed by atoms with van der Waals surface area (Å²) in [6, 6.07) is -0.470. The second kappa shape index (κ2) is 3.57. The molecule has 0 aromatic heterocycles. The number of carboxylic acids is 1. The summed E-state index contributed by atoms with van der Waals surface area (Å²) in [6.45, 7) is 1.38. The average Bonchev–Trinajstić information content (AvgIpc) is 2.16. The first-order chi connectivity index (χ1) is 6.66. The first-order valence-corrected chi connectivity index (χ1v) is 4.89. The van der Waals surface area contributed by atoms with Crippen molar-refractivity contribution in [2.24, 2.45) is 11.8 Å². The minimum atomic E-state index is -0.811. The highest BCUT2D eigenvalue weighted by atomic mass is 16.4. The Balaban J connectivity index is 1.99. The van der Waals surface area contributed by atoms with Gasteiger partial charge in [0.15, 0.2) is 0 Å². The Bertz CT molecular complexity index is 265. The molecule has 5 heteroatoms. The summed E-state index contributed by atoms with van der Waals surface area (Å²) in [7, 11) is 0. The molecule has 2 saturated heterocycles. The van der Waals surface area contributed by atoms with E-state index in [2.05, 4.69) is 10.6 Å². The summed E-state index contributed by atoms with van der Waals surface area (Å²) < 4.78 is 0. The normalized spacial score (nSPS) is 37.1. The molecule has 5 nitrogen and oxygen atoms in total. The van der Waals surface area contributed by atoms with E-state index in [1.165, 1.54) is 0 Å². The van der Waals surface area contributed by atoms with Crippen LogP contribution in [0.15, 0.2) is 0 Å². The van der Waals surface area contributed by atoms with E-state index in [9.17, 15) is 9.59 Å². The molecule has 14 heavy (non-hydrogen) atoms. The van der Waals surface area contributed by atoms with Gasteiger partial charge in [0.1, 0.15) is 6.04 Å². The standard InChI is InChI=1S/C9H14N2O3/c12-8-2-5-1-7(9(13)14)10-3-6(5)4-11-8/h5-7,10H,1-4H2,(H,11,12)(H,13,14)/t5-,6+,7?/m1/s1. The molecule has 2 heterocycles. The zero-order valence-electron chi connectivity index (χ0n) is 7.82. The van der Waals surface area contributed by atoms with Gasteiger partial charge in [0.05, 0.1) is 0 Å². The number of hydrogen-bond acceptors (Lipinski definition) is 3. The van der Waals surface area contributed by atoms with Crippen LogP contribution in [-0.4, -0.2) is 36.1 Å². The lowest BCUT2D eigenvalue weighted by molar-refractivity contribution is -0.142. The maximum absolute atomic E-state index is 11.1. The predicted octanol–water partition coefficient (Wildman–Crippen LogP) is -0.815. The number of rotatable bonds is 1. The van der Waals surface area contributed by atoms with E-state index in [0.29, 0.717) is 31.8 Å². The van der Waals surface area contributed by atoms with Crippen molar-refractivity contribution in [2.45, 2.75) is 18.9 Å². The molecule has 0 aliphatic carbocycles. The van der Waals surface area contributed by atoms with E-state index in [1.807, 2.05) is 0 Å². The molecule has 0 radical (unpaired) electrons. The molecule has 2 aliphatic heterocycles. The van der Waals surface area contributed by atoms with E-state index >= 15 is 0 Å². The molecule has 0 aromatic carbocycles. The van der Waals surface area contributed by atoms with E-state index in [1.54, 1.807) is 0 Å². The lowest BCUT2D eigenvalue weighted by atomic mass is 9.78. The third-order valence-corrected chi connectivity index (χ3v) is 3.14. The summed E-state index contributed by atoms with van der Waals surface area (Å²) in [5.74, 6) is -0.110. The maximum atomic E-state index is 11.1. The topological polar surface area (TPSA) is 78.4 Å². The highest BCUT2D eigenvalue weighted by molar-refractivity contribution is 5.78. The molecule has 1 unspecified atom stereocenters. The molecule has 3 atom stereocenters. The van der Waals surface area contributed by atoms with Crippen LogP contribution in [0.5, 0.6) is 0 Å². The van der Waals surface area contributed by atoms with Crippen LogP contribution < -0.4 is 10.6 Å². The molecule has 0 bridgehead atoms. The van der Waals surface area contributed by atoms with E-state index < -0.39 is 12.0 Å². The summed E-state index contributed by atoms with van der Waals surface area (Å²) >= 11 is 0. The Morgan fingerprint density at radius 1 is 1.36 bits per heavy atom. The molecule has 2 aliphatic rings. The number of amides is 1. The van der Waals surface area contributed by atoms with Gasteiger partial charge in [-0.3, -0.25) is 9.59 Å². The van der Waals surface area contributed by atoms with Crippen molar-refractivity contribution >= 4 is 11.9 Å². The summed E-state index contributed by atoms with van der Waals surface area (Å²) in [5, 5.41) is 14.6. The van der Waals surface area contributed by atoms with Crippen molar-refractivity contribution in [3.8, 4) is 0 Å². The fourth-order valence-electron chi connectivity index (χ4n) is 2.27. The summed E-state index contributed by atoms with van der Waals surface area (Å²) in [5.41, 5.74) is 0. The Hall–Kier alpha value is -1.10. The molecule has 3 N–H and O–H groups in total. The van der Waals surface area contributed by atoms with Gasteiger partial charge in [0, 0.05) is 19.5 Å². The minimum Gasteiger partial charge on any atom is -0.480 e. The van der Waals surface area contributed by atoms with Crippen LogP contribution in [0.4, 0.5) is 0 Å². The van der Waals surface area contributed by atoms with Gasteiger partial charge in [-0.15, -0.1) is 0 Å². The van der Waals surface area contributed by atoms with Gasteiger partial charge in [-0.05, 0) is 18.3 Å². The average molecular weight is 198 g/mol. The Morgan fingerprint density at radius 2 is 2.14 bits per heavy atom. The van der Waals surface area contributed by atoms with Crippen molar-refractivity contribution in [1.29, 1.82) is 0 Å². The SMILES string of the molecule is O=C1C[C@H]2CC(C(=O)O)NC[C@H]2CN1. The Morgan fingerprint density at radius 3 is 2.86 bits per heavy atom. The smallest absolute Gasteiger partial charge is 0.320 e. The zero-order valence-corrected chi connectivity index (χ0v) is 7.82. The number of carboxylic acid groups (broad SMARTS) is 1. The van der Waals surface area contributed by atoms with Crippen LogP contribution in [0.3, 0.4) is 0 Å². The first kappa shape index (κ1) is 9.45. The van der Waals surface area contributed by atoms with Gasteiger partial charge in [0.2, 0.25) is 5.91 Å². The number of nitrogens with one attached hydrogen (secondary N) is 2. The molecule has 2 fully saturated rings.